The maximum absolute atomic E-state index is 13.3. The Morgan fingerprint density at radius 3 is 2.76 bits per heavy atom. The summed E-state index contributed by atoms with van der Waals surface area (Å²) in [6, 6.07) is 2.02. The molecule has 33 heavy (non-hydrogen) atoms. The summed E-state index contributed by atoms with van der Waals surface area (Å²) in [5, 5.41) is 4.75. The van der Waals surface area contributed by atoms with Gasteiger partial charge in [0.05, 0.1) is 34.5 Å². The highest BCUT2D eigenvalue weighted by molar-refractivity contribution is 5.99. The van der Waals surface area contributed by atoms with Gasteiger partial charge in [-0.25, -0.2) is 4.52 Å². The number of aryl methyl sites for hydroxylation is 2. The average molecular weight is 443 g/mol. The Balaban J connectivity index is 1.47. The standard InChI is InChI=1S/C26H30N6O/c1-4-23-25-16-24(28-32(25)17-19(2)27-23)20-7-5-8-21-9-10-22(18-31(21)26(33)15-20)30-12-6-11-29(3)13-14-30/h5,7-10,15-18H,4,6,11-14H2,1-3H3/b7-5+,20-15+,21-8+. The number of likely N-dealkylation sites (N-methyl/N-ethyl adjacent to an activating group) is 1. The van der Waals surface area contributed by atoms with Crippen LogP contribution >= 0.6 is 0 Å². The molecule has 0 radical (unpaired) electrons. The minimum Gasteiger partial charge on any atom is -0.369 e. The van der Waals surface area contributed by atoms with E-state index in [1.54, 1.807) is 11.0 Å². The first-order chi connectivity index (χ1) is 16.0. The first kappa shape index (κ1) is 21.4. The van der Waals surface area contributed by atoms with Gasteiger partial charge in [-0.3, -0.25) is 14.7 Å². The molecule has 1 amide bonds. The summed E-state index contributed by atoms with van der Waals surface area (Å²) < 4.78 is 1.87. The number of hydrogen-bond donors (Lipinski definition) is 0. The van der Waals surface area contributed by atoms with Crippen molar-refractivity contribution in [2.45, 2.75) is 26.7 Å². The molecule has 0 saturated carbocycles. The molecule has 3 aliphatic heterocycles. The molecule has 5 rings (SSSR count). The van der Waals surface area contributed by atoms with Crippen LogP contribution in [0.4, 0.5) is 0 Å². The number of hydrogen-bond acceptors (Lipinski definition) is 5. The van der Waals surface area contributed by atoms with Crippen LogP contribution in [0.2, 0.25) is 0 Å². The van der Waals surface area contributed by atoms with Gasteiger partial charge in [0, 0.05) is 43.2 Å². The predicted octanol–water partition coefficient (Wildman–Crippen LogP) is 3.31. The van der Waals surface area contributed by atoms with Crippen LogP contribution in [-0.2, 0) is 11.2 Å². The van der Waals surface area contributed by atoms with Crippen molar-refractivity contribution in [3.8, 4) is 0 Å². The minimum atomic E-state index is -0.0727. The highest BCUT2D eigenvalue weighted by Gasteiger charge is 2.22. The highest BCUT2D eigenvalue weighted by atomic mass is 16.2. The fourth-order valence-corrected chi connectivity index (χ4v) is 4.57. The smallest absolute Gasteiger partial charge is 0.255 e. The fraction of sp³-hybridized carbons (Fsp3) is 0.346. The van der Waals surface area contributed by atoms with E-state index >= 15 is 0 Å². The van der Waals surface area contributed by atoms with Crippen LogP contribution in [0.25, 0.3) is 11.1 Å². The van der Waals surface area contributed by atoms with Crippen molar-refractivity contribution in [1.29, 1.82) is 0 Å². The van der Waals surface area contributed by atoms with Crippen molar-refractivity contribution in [3.05, 3.63) is 83.4 Å². The quantitative estimate of drug-likeness (QED) is 0.730. The van der Waals surface area contributed by atoms with E-state index in [2.05, 4.69) is 34.8 Å². The summed E-state index contributed by atoms with van der Waals surface area (Å²) in [6.07, 6.45) is 17.6. The Labute approximate surface area is 194 Å². The Kier molecular flexibility index (Phi) is 5.72. The van der Waals surface area contributed by atoms with Gasteiger partial charge in [0.15, 0.2) is 0 Å². The molecular weight excluding hydrogens is 412 g/mol. The van der Waals surface area contributed by atoms with Gasteiger partial charge in [0.1, 0.15) is 0 Å². The zero-order valence-electron chi connectivity index (χ0n) is 19.5. The molecule has 3 aliphatic rings. The molecular formula is C26H30N6O. The lowest BCUT2D eigenvalue weighted by Gasteiger charge is -2.30. The van der Waals surface area contributed by atoms with Crippen molar-refractivity contribution in [3.63, 3.8) is 0 Å². The first-order valence-corrected chi connectivity index (χ1v) is 11.6. The van der Waals surface area contributed by atoms with Crippen LogP contribution in [0.1, 0.15) is 30.4 Å². The molecule has 0 bridgehead atoms. The normalized spacial score (nSPS) is 23.7. The molecule has 170 valence electrons. The second-order valence-electron chi connectivity index (χ2n) is 8.83. The molecule has 2 aromatic rings. The topological polar surface area (TPSA) is 57.0 Å². The van der Waals surface area contributed by atoms with Crippen molar-refractivity contribution in [2.24, 2.45) is 0 Å². The van der Waals surface area contributed by atoms with Gasteiger partial charge in [-0.15, -0.1) is 0 Å². The Hall–Kier alpha value is -3.45. The molecule has 0 atom stereocenters. The molecule has 1 fully saturated rings. The van der Waals surface area contributed by atoms with Crippen LogP contribution in [-0.4, -0.2) is 68.4 Å². The van der Waals surface area contributed by atoms with Crippen LogP contribution in [0.5, 0.6) is 0 Å². The molecule has 0 N–H and O–H groups in total. The summed E-state index contributed by atoms with van der Waals surface area (Å²) in [4.78, 5) is 24.5. The van der Waals surface area contributed by atoms with Crippen LogP contribution in [0, 0.1) is 6.92 Å². The number of amides is 1. The van der Waals surface area contributed by atoms with Crippen molar-refractivity contribution < 1.29 is 4.79 Å². The number of fused-ring (bicyclic) bond motifs is 2. The summed E-state index contributed by atoms with van der Waals surface area (Å²) in [7, 11) is 2.16. The lowest BCUT2D eigenvalue weighted by Crippen LogP contribution is -2.32. The van der Waals surface area contributed by atoms with Gasteiger partial charge in [0.25, 0.3) is 5.91 Å². The maximum Gasteiger partial charge on any atom is 0.255 e. The third-order valence-electron chi connectivity index (χ3n) is 6.39. The minimum absolute atomic E-state index is 0.0727. The van der Waals surface area contributed by atoms with E-state index in [0.29, 0.717) is 0 Å². The second-order valence-corrected chi connectivity index (χ2v) is 8.83. The van der Waals surface area contributed by atoms with Gasteiger partial charge < -0.3 is 9.80 Å². The Morgan fingerprint density at radius 1 is 1.06 bits per heavy atom. The number of nitrogens with zero attached hydrogens (tertiary/aromatic N) is 6. The largest absolute Gasteiger partial charge is 0.369 e. The van der Waals surface area contributed by atoms with Crippen molar-refractivity contribution in [2.75, 3.05) is 33.2 Å². The van der Waals surface area contributed by atoms with Gasteiger partial charge in [-0.2, -0.15) is 5.10 Å². The fourth-order valence-electron chi connectivity index (χ4n) is 4.57. The van der Waals surface area contributed by atoms with E-state index in [4.69, 9.17) is 5.10 Å². The summed E-state index contributed by atoms with van der Waals surface area (Å²) in [5.41, 5.74) is 6.42. The lowest BCUT2D eigenvalue weighted by atomic mass is 10.1. The van der Waals surface area contributed by atoms with E-state index in [1.165, 1.54) is 0 Å². The number of rotatable bonds is 3. The monoisotopic (exact) mass is 442 g/mol. The van der Waals surface area contributed by atoms with Crippen LogP contribution in [0.3, 0.4) is 0 Å². The lowest BCUT2D eigenvalue weighted by molar-refractivity contribution is -0.122. The highest BCUT2D eigenvalue weighted by Crippen LogP contribution is 2.26. The molecule has 0 aromatic carbocycles. The summed E-state index contributed by atoms with van der Waals surface area (Å²) >= 11 is 0. The molecule has 0 aliphatic carbocycles. The molecule has 7 heteroatoms. The van der Waals surface area contributed by atoms with Gasteiger partial charge in [-0.1, -0.05) is 19.1 Å². The molecule has 0 unspecified atom stereocenters. The Morgan fingerprint density at radius 2 is 1.91 bits per heavy atom. The zero-order chi connectivity index (χ0) is 22.9. The summed E-state index contributed by atoms with van der Waals surface area (Å²) in [6.45, 7) is 8.15. The number of aromatic nitrogens is 3. The van der Waals surface area contributed by atoms with Gasteiger partial charge in [0.2, 0.25) is 0 Å². The van der Waals surface area contributed by atoms with E-state index in [9.17, 15) is 4.79 Å². The summed E-state index contributed by atoms with van der Waals surface area (Å²) in [5.74, 6) is -0.0727. The van der Waals surface area contributed by atoms with Crippen molar-refractivity contribution >= 4 is 17.0 Å². The number of carbonyl (C=O) groups is 1. The van der Waals surface area contributed by atoms with Gasteiger partial charge in [-0.05, 0) is 57.7 Å². The number of carbonyl (C=O) groups excluding carboxylic acids is 1. The van der Waals surface area contributed by atoms with Gasteiger partial charge >= 0.3 is 0 Å². The van der Waals surface area contributed by atoms with E-state index in [-0.39, 0.29) is 5.91 Å². The average Bonchev–Trinajstić information content (AvgIpc) is 3.10. The predicted molar refractivity (Wildman–Crippen MR) is 130 cm³/mol. The van der Waals surface area contributed by atoms with E-state index in [0.717, 1.165) is 78.6 Å². The third-order valence-corrected chi connectivity index (χ3v) is 6.39. The third kappa shape index (κ3) is 4.28. The molecule has 2 aromatic heterocycles. The molecule has 5 heterocycles. The van der Waals surface area contributed by atoms with E-state index < -0.39 is 0 Å². The Bertz CT molecular complexity index is 1240. The number of allylic oxidation sites excluding steroid dienone is 6. The van der Waals surface area contributed by atoms with Crippen molar-refractivity contribution in [1.82, 2.24) is 29.3 Å². The molecule has 1 saturated heterocycles. The van der Waals surface area contributed by atoms with Crippen LogP contribution in [0.15, 0.2) is 66.3 Å². The van der Waals surface area contributed by atoms with Crippen LogP contribution < -0.4 is 0 Å². The second kappa shape index (κ2) is 8.83. The first-order valence-electron chi connectivity index (χ1n) is 11.6. The van der Waals surface area contributed by atoms with E-state index in [1.807, 2.05) is 54.2 Å². The SMILES string of the molecule is CCc1nc(C)cn2nc(C3=C\C(=O)N4C=C(N5CCCN(C)CC5)C=C\C4=C/C=C/3)cc12. The zero-order valence-corrected chi connectivity index (χ0v) is 19.5. The molecule has 0 spiro atoms. The maximum atomic E-state index is 13.3. The molecule has 7 nitrogen and oxygen atoms in total.